The van der Waals surface area contributed by atoms with Gasteiger partial charge in [0.1, 0.15) is 12.3 Å². The third-order valence-electron chi connectivity index (χ3n) is 4.43. The topological polar surface area (TPSA) is 87.0 Å². The fourth-order valence-electron chi connectivity index (χ4n) is 2.93. The number of fused-ring (bicyclic) bond motifs is 1. The molecule has 0 saturated carbocycles. The van der Waals surface area contributed by atoms with E-state index < -0.39 is 0 Å². The van der Waals surface area contributed by atoms with Crippen molar-refractivity contribution in [2.24, 2.45) is 0 Å². The minimum absolute atomic E-state index is 0.328. The zero-order valence-corrected chi connectivity index (χ0v) is 14.8. The van der Waals surface area contributed by atoms with E-state index in [-0.39, 0.29) is 0 Å². The van der Waals surface area contributed by atoms with E-state index in [1.165, 1.54) is 11.1 Å². The quantitative estimate of drug-likeness (QED) is 0.746. The van der Waals surface area contributed by atoms with Gasteiger partial charge < -0.3 is 14.8 Å². The van der Waals surface area contributed by atoms with Crippen LogP contribution in [0.15, 0.2) is 30.6 Å². The fraction of sp³-hybridized carbons (Fsp3) is 0.333. The second kappa shape index (κ2) is 7.09. The number of ether oxygens (including phenoxy) is 2. The van der Waals surface area contributed by atoms with Crippen molar-refractivity contribution in [3.8, 4) is 17.4 Å². The van der Waals surface area contributed by atoms with E-state index in [4.69, 9.17) is 9.47 Å². The number of nitrogens with one attached hydrogen (secondary N) is 1. The maximum atomic E-state index is 5.93. The molecule has 1 aliphatic heterocycles. The molecule has 4 rings (SSSR count). The smallest absolute Gasteiger partial charge is 0.213 e. The first-order valence-corrected chi connectivity index (χ1v) is 8.47. The van der Waals surface area contributed by atoms with Gasteiger partial charge in [-0.3, -0.25) is 0 Å². The van der Waals surface area contributed by atoms with Gasteiger partial charge in [0, 0.05) is 24.9 Å². The van der Waals surface area contributed by atoms with Crippen LogP contribution >= 0.6 is 0 Å². The summed E-state index contributed by atoms with van der Waals surface area (Å²) in [6.45, 7) is 4.08. The SMILES string of the molecule is COc1ccc(-n2nnc(C)c2COc2cc3c(cn2)CNCC3)cn1. The predicted molar refractivity (Wildman–Crippen MR) is 94.4 cm³/mol. The lowest BCUT2D eigenvalue weighted by Crippen LogP contribution is -2.23. The van der Waals surface area contributed by atoms with Crippen LogP contribution < -0.4 is 14.8 Å². The molecule has 1 aliphatic rings. The largest absolute Gasteiger partial charge is 0.481 e. The normalized spacial score (nSPS) is 13.3. The molecule has 0 radical (unpaired) electrons. The van der Waals surface area contributed by atoms with E-state index in [1.54, 1.807) is 24.1 Å². The summed E-state index contributed by atoms with van der Waals surface area (Å²) >= 11 is 0. The lowest BCUT2D eigenvalue weighted by molar-refractivity contribution is 0.284. The van der Waals surface area contributed by atoms with Crippen LogP contribution in [0.5, 0.6) is 11.8 Å². The molecule has 3 aromatic rings. The molecule has 26 heavy (non-hydrogen) atoms. The van der Waals surface area contributed by atoms with Crippen molar-refractivity contribution in [3.05, 3.63) is 53.1 Å². The summed E-state index contributed by atoms with van der Waals surface area (Å²) in [5, 5.41) is 11.7. The highest BCUT2D eigenvalue weighted by atomic mass is 16.5. The molecular formula is C18H20N6O2. The third-order valence-corrected chi connectivity index (χ3v) is 4.43. The lowest BCUT2D eigenvalue weighted by Gasteiger charge is -2.17. The van der Waals surface area contributed by atoms with Crippen LogP contribution in [0.3, 0.4) is 0 Å². The van der Waals surface area contributed by atoms with E-state index in [0.717, 1.165) is 36.6 Å². The Morgan fingerprint density at radius 3 is 2.85 bits per heavy atom. The van der Waals surface area contributed by atoms with Crippen LogP contribution in [0.4, 0.5) is 0 Å². The first-order valence-electron chi connectivity index (χ1n) is 8.47. The van der Waals surface area contributed by atoms with Gasteiger partial charge in [0.15, 0.2) is 0 Å². The number of aromatic nitrogens is 5. The maximum Gasteiger partial charge on any atom is 0.213 e. The van der Waals surface area contributed by atoms with Crippen molar-refractivity contribution in [2.75, 3.05) is 13.7 Å². The van der Waals surface area contributed by atoms with Gasteiger partial charge in [0.05, 0.1) is 24.7 Å². The number of hydrogen-bond acceptors (Lipinski definition) is 7. The molecule has 8 heteroatoms. The van der Waals surface area contributed by atoms with Gasteiger partial charge in [-0.2, -0.15) is 0 Å². The van der Waals surface area contributed by atoms with E-state index >= 15 is 0 Å². The molecule has 0 unspecified atom stereocenters. The summed E-state index contributed by atoms with van der Waals surface area (Å²) in [4.78, 5) is 8.63. The summed E-state index contributed by atoms with van der Waals surface area (Å²) in [7, 11) is 1.59. The zero-order valence-electron chi connectivity index (χ0n) is 14.8. The summed E-state index contributed by atoms with van der Waals surface area (Å²) in [6.07, 6.45) is 4.57. The second-order valence-corrected chi connectivity index (χ2v) is 6.10. The minimum atomic E-state index is 0.328. The van der Waals surface area contributed by atoms with E-state index in [2.05, 4.69) is 25.6 Å². The molecule has 8 nitrogen and oxygen atoms in total. The lowest BCUT2D eigenvalue weighted by atomic mass is 10.0. The molecule has 0 aliphatic carbocycles. The van der Waals surface area contributed by atoms with Crippen LogP contribution in [0.2, 0.25) is 0 Å². The van der Waals surface area contributed by atoms with Gasteiger partial charge in [0.25, 0.3) is 0 Å². The monoisotopic (exact) mass is 352 g/mol. The summed E-state index contributed by atoms with van der Waals surface area (Å²) in [5.74, 6) is 1.17. The number of nitrogens with zero attached hydrogens (tertiary/aromatic N) is 5. The van der Waals surface area contributed by atoms with Gasteiger partial charge in [-0.15, -0.1) is 5.10 Å². The Bertz CT molecular complexity index is 907. The highest BCUT2D eigenvalue weighted by molar-refractivity contribution is 5.34. The van der Waals surface area contributed by atoms with Crippen molar-refractivity contribution >= 4 is 0 Å². The number of methoxy groups -OCH3 is 1. The van der Waals surface area contributed by atoms with Crippen LogP contribution in [0.25, 0.3) is 5.69 Å². The highest BCUT2D eigenvalue weighted by Gasteiger charge is 2.14. The van der Waals surface area contributed by atoms with Gasteiger partial charge in [-0.25, -0.2) is 14.6 Å². The zero-order chi connectivity index (χ0) is 17.9. The molecule has 0 atom stereocenters. The first kappa shape index (κ1) is 16.5. The van der Waals surface area contributed by atoms with Crippen molar-refractivity contribution in [1.82, 2.24) is 30.3 Å². The van der Waals surface area contributed by atoms with Crippen LogP contribution in [-0.2, 0) is 19.6 Å². The molecule has 134 valence electrons. The molecule has 4 heterocycles. The van der Waals surface area contributed by atoms with Gasteiger partial charge in [-0.1, -0.05) is 5.21 Å². The van der Waals surface area contributed by atoms with Gasteiger partial charge in [-0.05, 0) is 37.1 Å². The molecule has 3 aromatic heterocycles. The molecule has 0 spiro atoms. The van der Waals surface area contributed by atoms with Gasteiger partial charge >= 0.3 is 0 Å². The minimum Gasteiger partial charge on any atom is -0.481 e. The van der Waals surface area contributed by atoms with Crippen molar-refractivity contribution < 1.29 is 9.47 Å². The Morgan fingerprint density at radius 1 is 1.15 bits per heavy atom. The van der Waals surface area contributed by atoms with Crippen LogP contribution in [-0.4, -0.2) is 38.6 Å². The highest BCUT2D eigenvalue weighted by Crippen LogP contribution is 2.20. The van der Waals surface area contributed by atoms with Gasteiger partial charge in [0.2, 0.25) is 11.8 Å². The number of hydrogen-bond donors (Lipinski definition) is 1. The van der Waals surface area contributed by atoms with Crippen molar-refractivity contribution in [1.29, 1.82) is 0 Å². The Labute approximate surface area is 151 Å². The molecule has 0 fully saturated rings. The Hall–Kier alpha value is -3.00. The molecule has 1 N–H and O–H groups in total. The third kappa shape index (κ3) is 3.23. The molecule has 0 bridgehead atoms. The van der Waals surface area contributed by atoms with Crippen molar-refractivity contribution in [2.45, 2.75) is 26.5 Å². The number of aryl methyl sites for hydroxylation is 1. The van der Waals surface area contributed by atoms with E-state index in [9.17, 15) is 0 Å². The van der Waals surface area contributed by atoms with Crippen LogP contribution in [0.1, 0.15) is 22.5 Å². The number of pyridine rings is 2. The number of rotatable bonds is 5. The maximum absolute atomic E-state index is 5.93. The first-order chi connectivity index (χ1) is 12.7. The predicted octanol–water partition coefficient (Wildman–Crippen LogP) is 1.60. The second-order valence-electron chi connectivity index (χ2n) is 6.10. The van der Waals surface area contributed by atoms with E-state index in [1.807, 2.05) is 25.3 Å². The van der Waals surface area contributed by atoms with E-state index in [0.29, 0.717) is 18.4 Å². The summed E-state index contributed by atoms with van der Waals surface area (Å²) in [6, 6.07) is 5.69. The summed E-state index contributed by atoms with van der Waals surface area (Å²) in [5.41, 5.74) is 4.99. The average molecular weight is 352 g/mol. The molecule has 0 aromatic carbocycles. The molecule has 0 amide bonds. The van der Waals surface area contributed by atoms with Crippen molar-refractivity contribution in [3.63, 3.8) is 0 Å². The Balaban J connectivity index is 1.54. The Morgan fingerprint density at radius 2 is 2.04 bits per heavy atom. The summed E-state index contributed by atoms with van der Waals surface area (Å²) < 4.78 is 12.8. The standard InChI is InChI=1S/C18H20N6O2/c1-12-16(24(23-22-12)15-3-4-17(25-2)21-10-15)11-26-18-7-13-5-6-19-8-14(13)9-20-18/h3-4,7,9-10,19H,5-6,8,11H2,1-2H3. The Kier molecular flexibility index (Phi) is 4.49. The van der Waals surface area contributed by atoms with Crippen LogP contribution in [0, 0.1) is 6.92 Å². The fourth-order valence-corrected chi connectivity index (χ4v) is 2.93. The average Bonchev–Trinajstić information content (AvgIpc) is 3.06. The molecular weight excluding hydrogens is 332 g/mol. The molecule has 0 saturated heterocycles.